The molecule has 0 atom stereocenters. The molecule has 0 radical (unpaired) electrons. The van der Waals surface area contributed by atoms with Gasteiger partial charge in [0.25, 0.3) is 0 Å². The van der Waals surface area contributed by atoms with E-state index in [0.29, 0.717) is 22.7 Å². The maximum Gasteiger partial charge on any atom is 0.248 e. The van der Waals surface area contributed by atoms with E-state index < -0.39 is 5.92 Å². The first-order valence-electron chi connectivity index (χ1n) is 5.55. The summed E-state index contributed by atoms with van der Waals surface area (Å²) in [5.74, 6) is -2.02. The number of ether oxygens (including phenoxy) is 1. The quantitative estimate of drug-likeness (QED) is 0.873. The third-order valence-corrected chi connectivity index (χ3v) is 3.29. The van der Waals surface area contributed by atoms with Crippen molar-refractivity contribution in [2.75, 3.05) is 6.61 Å². The van der Waals surface area contributed by atoms with Crippen LogP contribution in [0.1, 0.15) is 12.8 Å². The molecule has 2 aromatic heterocycles. The van der Waals surface area contributed by atoms with Gasteiger partial charge in [-0.1, -0.05) is 0 Å². The number of fused-ring (bicyclic) bond motifs is 1. The first kappa shape index (κ1) is 11.8. The Labute approximate surface area is 110 Å². The molecule has 0 bridgehead atoms. The Morgan fingerprint density at radius 3 is 3.00 bits per heavy atom. The summed E-state index contributed by atoms with van der Waals surface area (Å²) >= 11 is 3.18. The SMILES string of the molecule is FC1(F)CC(COc2cccn3nc(Br)nc23)C1. The Balaban J connectivity index is 1.71. The summed E-state index contributed by atoms with van der Waals surface area (Å²) in [5.41, 5.74) is 0.579. The minimum absolute atomic E-state index is 0.0772. The van der Waals surface area contributed by atoms with E-state index in [1.54, 1.807) is 22.8 Å². The number of alkyl halides is 2. The predicted octanol–water partition coefficient (Wildman–Crippen LogP) is 2.92. The van der Waals surface area contributed by atoms with Crippen LogP contribution in [-0.4, -0.2) is 27.1 Å². The Kier molecular flexibility index (Phi) is 2.73. The number of aromatic nitrogens is 3. The number of pyridine rings is 1. The molecule has 18 heavy (non-hydrogen) atoms. The van der Waals surface area contributed by atoms with Crippen molar-refractivity contribution in [1.82, 2.24) is 14.6 Å². The summed E-state index contributed by atoms with van der Waals surface area (Å²) in [6, 6.07) is 3.53. The van der Waals surface area contributed by atoms with Crippen molar-refractivity contribution < 1.29 is 13.5 Å². The molecule has 0 amide bonds. The zero-order chi connectivity index (χ0) is 12.8. The molecule has 2 heterocycles. The van der Waals surface area contributed by atoms with Gasteiger partial charge < -0.3 is 4.74 Å². The highest BCUT2D eigenvalue weighted by molar-refractivity contribution is 9.10. The Morgan fingerprint density at radius 2 is 2.28 bits per heavy atom. The lowest BCUT2D eigenvalue weighted by molar-refractivity contribution is -0.119. The summed E-state index contributed by atoms with van der Waals surface area (Å²) in [5, 5.41) is 4.08. The van der Waals surface area contributed by atoms with Crippen molar-refractivity contribution in [3.63, 3.8) is 0 Å². The fraction of sp³-hybridized carbons (Fsp3) is 0.455. The van der Waals surface area contributed by atoms with Gasteiger partial charge in [-0.15, -0.1) is 5.10 Å². The van der Waals surface area contributed by atoms with Crippen molar-refractivity contribution >= 4 is 21.6 Å². The van der Waals surface area contributed by atoms with E-state index in [-0.39, 0.29) is 18.8 Å². The molecule has 1 aliphatic carbocycles. The number of hydrogen-bond acceptors (Lipinski definition) is 3. The monoisotopic (exact) mass is 317 g/mol. The molecular formula is C11H10BrF2N3O. The minimum atomic E-state index is -2.50. The summed E-state index contributed by atoms with van der Waals surface area (Å²) in [6.45, 7) is 0.291. The van der Waals surface area contributed by atoms with E-state index in [0.717, 1.165) is 0 Å². The topological polar surface area (TPSA) is 39.4 Å². The maximum absolute atomic E-state index is 12.7. The molecule has 1 fully saturated rings. The number of nitrogens with zero attached hydrogens (tertiary/aromatic N) is 3. The molecule has 0 spiro atoms. The standard InChI is InChI=1S/C11H10BrF2N3O/c12-10-15-9-8(2-1-3-17(9)16-10)18-6-7-4-11(13,14)5-7/h1-3,7H,4-6H2. The van der Waals surface area contributed by atoms with Crippen LogP contribution in [-0.2, 0) is 0 Å². The summed E-state index contributed by atoms with van der Waals surface area (Å²) < 4.78 is 33.0. The van der Waals surface area contributed by atoms with Crippen molar-refractivity contribution in [3.05, 3.63) is 23.1 Å². The van der Waals surface area contributed by atoms with Crippen molar-refractivity contribution in [1.29, 1.82) is 0 Å². The van der Waals surface area contributed by atoms with Crippen molar-refractivity contribution in [3.8, 4) is 5.75 Å². The van der Waals surface area contributed by atoms with Crippen LogP contribution >= 0.6 is 15.9 Å². The van der Waals surface area contributed by atoms with E-state index >= 15 is 0 Å². The van der Waals surface area contributed by atoms with Crippen LogP contribution in [0.4, 0.5) is 8.78 Å². The average Bonchev–Trinajstić information content (AvgIpc) is 2.64. The number of hydrogen-bond donors (Lipinski definition) is 0. The molecule has 96 valence electrons. The maximum atomic E-state index is 12.7. The van der Waals surface area contributed by atoms with Crippen LogP contribution in [0.2, 0.25) is 0 Å². The van der Waals surface area contributed by atoms with Gasteiger partial charge in [-0.2, -0.15) is 4.98 Å². The fourth-order valence-electron chi connectivity index (χ4n) is 2.08. The third kappa shape index (κ3) is 2.19. The van der Waals surface area contributed by atoms with E-state index in [1.165, 1.54) is 0 Å². The molecule has 0 aliphatic heterocycles. The van der Waals surface area contributed by atoms with Gasteiger partial charge in [0.15, 0.2) is 11.4 Å². The summed E-state index contributed by atoms with van der Waals surface area (Å²) in [6.07, 6.45) is 1.57. The molecule has 1 saturated carbocycles. The Hall–Kier alpha value is -1.24. The second-order valence-electron chi connectivity index (χ2n) is 4.46. The lowest BCUT2D eigenvalue weighted by Crippen LogP contribution is -2.38. The average molecular weight is 318 g/mol. The van der Waals surface area contributed by atoms with Gasteiger partial charge in [-0.3, -0.25) is 0 Å². The highest BCUT2D eigenvalue weighted by atomic mass is 79.9. The fourth-order valence-corrected chi connectivity index (χ4v) is 2.42. The molecular weight excluding hydrogens is 308 g/mol. The van der Waals surface area contributed by atoms with Gasteiger partial charge in [0, 0.05) is 25.0 Å². The van der Waals surface area contributed by atoms with Gasteiger partial charge >= 0.3 is 0 Å². The molecule has 0 aromatic carbocycles. The van der Waals surface area contributed by atoms with Gasteiger partial charge in [0.2, 0.25) is 10.7 Å². The highest BCUT2D eigenvalue weighted by Crippen LogP contribution is 2.42. The lowest BCUT2D eigenvalue weighted by atomic mass is 9.82. The zero-order valence-electron chi connectivity index (χ0n) is 9.31. The summed E-state index contributed by atoms with van der Waals surface area (Å²) in [4.78, 5) is 4.16. The van der Waals surface area contributed by atoms with Crippen LogP contribution in [0.3, 0.4) is 0 Å². The molecule has 7 heteroatoms. The number of rotatable bonds is 3. The smallest absolute Gasteiger partial charge is 0.248 e. The van der Waals surface area contributed by atoms with E-state index in [9.17, 15) is 8.78 Å². The largest absolute Gasteiger partial charge is 0.489 e. The van der Waals surface area contributed by atoms with Crippen LogP contribution in [0.15, 0.2) is 23.1 Å². The normalized spacial score (nSPS) is 18.8. The van der Waals surface area contributed by atoms with E-state index in [1.807, 2.05) is 0 Å². The van der Waals surface area contributed by atoms with Crippen LogP contribution in [0.5, 0.6) is 5.75 Å². The molecule has 0 saturated heterocycles. The molecule has 0 unspecified atom stereocenters. The molecule has 4 nitrogen and oxygen atoms in total. The van der Waals surface area contributed by atoms with Gasteiger partial charge in [0.1, 0.15) is 0 Å². The van der Waals surface area contributed by atoms with Gasteiger partial charge in [-0.25, -0.2) is 13.3 Å². The zero-order valence-corrected chi connectivity index (χ0v) is 10.9. The number of halogens is 3. The summed E-state index contributed by atoms with van der Waals surface area (Å²) in [7, 11) is 0. The highest BCUT2D eigenvalue weighted by Gasteiger charge is 2.45. The van der Waals surface area contributed by atoms with Crippen molar-refractivity contribution in [2.24, 2.45) is 5.92 Å². The Morgan fingerprint density at radius 1 is 1.50 bits per heavy atom. The van der Waals surface area contributed by atoms with E-state index in [2.05, 4.69) is 26.0 Å². The van der Waals surface area contributed by atoms with Crippen LogP contribution in [0, 0.1) is 5.92 Å². The van der Waals surface area contributed by atoms with Crippen LogP contribution in [0.25, 0.3) is 5.65 Å². The molecule has 1 aliphatic rings. The Bertz CT molecular complexity index is 579. The van der Waals surface area contributed by atoms with Crippen molar-refractivity contribution in [2.45, 2.75) is 18.8 Å². The molecule has 3 rings (SSSR count). The lowest BCUT2D eigenvalue weighted by Gasteiger charge is -2.34. The molecule has 0 N–H and O–H groups in total. The van der Waals surface area contributed by atoms with E-state index in [4.69, 9.17) is 4.74 Å². The van der Waals surface area contributed by atoms with Gasteiger partial charge in [0.05, 0.1) is 6.61 Å². The first-order chi connectivity index (χ1) is 8.53. The third-order valence-electron chi connectivity index (χ3n) is 2.95. The minimum Gasteiger partial charge on any atom is -0.489 e. The predicted molar refractivity (Wildman–Crippen MR) is 63.9 cm³/mol. The molecule has 2 aromatic rings. The first-order valence-corrected chi connectivity index (χ1v) is 6.34. The second-order valence-corrected chi connectivity index (χ2v) is 5.17. The second kappa shape index (κ2) is 4.15. The van der Waals surface area contributed by atoms with Gasteiger partial charge in [-0.05, 0) is 28.1 Å². The van der Waals surface area contributed by atoms with Crippen LogP contribution < -0.4 is 4.74 Å².